The van der Waals surface area contributed by atoms with E-state index in [4.69, 9.17) is 4.98 Å². The summed E-state index contributed by atoms with van der Waals surface area (Å²) in [6, 6.07) is 2.07. The minimum atomic E-state index is 0.0387. The van der Waals surface area contributed by atoms with E-state index in [2.05, 4.69) is 23.7 Å². The van der Waals surface area contributed by atoms with Crippen LogP contribution in [0.15, 0.2) is 23.3 Å². The second kappa shape index (κ2) is 7.43. The Balaban J connectivity index is 2.11. The molecule has 3 rings (SSSR count). The fraction of sp³-hybridized carbons (Fsp3) is 0.632. The number of pyridine rings is 1. The van der Waals surface area contributed by atoms with E-state index < -0.39 is 0 Å². The third kappa shape index (κ3) is 3.22. The SMILES string of the molecule is CCC[C@H](c1nc2ccncc2c(=O)n1CC)N1CCC[C@H](C)C1. The van der Waals surface area contributed by atoms with Gasteiger partial charge < -0.3 is 0 Å². The maximum atomic E-state index is 12.9. The number of piperidine rings is 1. The summed E-state index contributed by atoms with van der Waals surface area (Å²) in [7, 11) is 0. The Morgan fingerprint density at radius 1 is 1.38 bits per heavy atom. The van der Waals surface area contributed by atoms with Gasteiger partial charge in [0, 0.05) is 25.5 Å². The highest BCUT2D eigenvalue weighted by Crippen LogP contribution is 2.29. The van der Waals surface area contributed by atoms with Crippen LogP contribution >= 0.6 is 0 Å². The zero-order valence-electron chi connectivity index (χ0n) is 15.0. The quantitative estimate of drug-likeness (QED) is 0.844. The van der Waals surface area contributed by atoms with E-state index in [0.29, 0.717) is 17.8 Å². The molecule has 130 valence electrons. The average Bonchev–Trinajstić information content (AvgIpc) is 2.59. The van der Waals surface area contributed by atoms with Crippen LogP contribution in [0.4, 0.5) is 0 Å². The predicted molar refractivity (Wildman–Crippen MR) is 97.1 cm³/mol. The van der Waals surface area contributed by atoms with Crippen molar-refractivity contribution in [2.24, 2.45) is 5.92 Å². The molecule has 0 saturated carbocycles. The Kier molecular flexibility index (Phi) is 5.29. The van der Waals surface area contributed by atoms with Gasteiger partial charge in [-0.15, -0.1) is 0 Å². The van der Waals surface area contributed by atoms with Crippen LogP contribution in [0.25, 0.3) is 10.9 Å². The first kappa shape index (κ1) is 17.1. The molecule has 5 heteroatoms. The Morgan fingerprint density at radius 3 is 2.92 bits per heavy atom. The monoisotopic (exact) mass is 328 g/mol. The minimum Gasteiger partial charge on any atom is -0.295 e. The highest BCUT2D eigenvalue weighted by molar-refractivity contribution is 5.76. The van der Waals surface area contributed by atoms with Crippen LogP contribution in [0.5, 0.6) is 0 Å². The van der Waals surface area contributed by atoms with Crippen LogP contribution in [0.1, 0.15) is 58.3 Å². The summed E-state index contributed by atoms with van der Waals surface area (Å²) < 4.78 is 1.85. The molecule has 0 spiro atoms. The van der Waals surface area contributed by atoms with Gasteiger partial charge in [-0.2, -0.15) is 0 Å². The molecule has 0 amide bonds. The lowest BCUT2D eigenvalue weighted by molar-refractivity contribution is 0.115. The van der Waals surface area contributed by atoms with Crippen molar-refractivity contribution in [3.63, 3.8) is 0 Å². The lowest BCUT2D eigenvalue weighted by Crippen LogP contribution is -2.40. The van der Waals surface area contributed by atoms with Crippen molar-refractivity contribution in [3.05, 3.63) is 34.6 Å². The smallest absolute Gasteiger partial charge is 0.262 e. The van der Waals surface area contributed by atoms with Crippen molar-refractivity contribution in [2.75, 3.05) is 13.1 Å². The molecule has 0 radical (unpaired) electrons. The van der Waals surface area contributed by atoms with E-state index in [9.17, 15) is 4.79 Å². The molecular weight excluding hydrogens is 300 g/mol. The van der Waals surface area contributed by atoms with Gasteiger partial charge in [0.25, 0.3) is 5.56 Å². The second-order valence-corrected chi connectivity index (χ2v) is 6.96. The Labute approximate surface area is 143 Å². The number of hydrogen-bond acceptors (Lipinski definition) is 4. The van der Waals surface area contributed by atoms with Crippen molar-refractivity contribution >= 4 is 10.9 Å². The fourth-order valence-corrected chi connectivity index (χ4v) is 3.90. The van der Waals surface area contributed by atoms with E-state index >= 15 is 0 Å². The minimum absolute atomic E-state index is 0.0387. The molecule has 1 aliphatic rings. The van der Waals surface area contributed by atoms with E-state index in [0.717, 1.165) is 37.3 Å². The summed E-state index contributed by atoms with van der Waals surface area (Å²) in [6.07, 6.45) is 8.01. The van der Waals surface area contributed by atoms with Gasteiger partial charge in [-0.3, -0.25) is 19.2 Å². The van der Waals surface area contributed by atoms with Crippen molar-refractivity contribution in [3.8, 4) is 0 Å². The summed E-state index contributed by atoms with van der Waals surface area (Å²) in [5, 5.41) is 0.616. The van der Waals surface area contributed by atoms with Crippen LogP contribution < -0.4 is 5.56 Å². The summed E-state index contributed by atoms with van der Waals surface area (Å²) >= 11 is 0. The van der Waals surface area contributed by atoms with Gasteiger partial charge in [0.1, 0.15) is 5.82 Å². The van der Waals surface area contributed by atoms with Gasteiger partial charge >= 0.3 is 0 Å². The lowest BCUT2D eigenvalue weighted by atomic mass is 9.97. The molecule has 0 unspecified atom stereocenters. The Hall–Kier alpha value is -1.75. The van der Waals surface area contributed by atoms with Gasteiger partial charge in [0.05, 0.1) is 16.9 Å². The van der Waals surface area contributed by atoms with Gasteiger partial charge in [-0.05, 0) is 44.7 Å². The first-order valence-corrected chi connectivity index (χ1v) is 9.24. The summed E-state index contributed by atoms with van der Waals surface area (Å²) in [5.41, 5.74) is 0.803. The Morgan fingerprint density at radius 2 is 2.21 bits per heavy atom. The highest BCUT2D eigenvalue weighted by atomic mass is 16.1. The molecule has 1 aliphatic heterocycles. The van der Waals surface area contributed by atoms with Crippen molar-refractivity contribution in [1.82, 2.24) is 19.4 Å². The lowest BCUT2D eigenvalue weighted by Gasteiger charge is -2.37. The van der Waals surface area contributed by atoms with Crippen LogP contribution in [-0.2, 0) is 6.54 Å². The van der Waals surface area contributed by atoms with Crippen LogP contribution in [0.2, 0.25) is 0 Å². The molecule has 24 heavy (non-hydrogen) atoms. The van der Waals surface area contributed by atoms with Crippen molar-refractivity contribution in [2.45, 2.75) is 59.0 Å². The highest BCUT2D eigenvalue weighted by Gasteiger charge is 2.28. The molecule has 0 N–H and O–H groups in total. The van der Waals surface area contributed by atoms with Gasteiger partial charge in [-0.1, -0.05) is 20.3 Å². The summed E-state index contributed by atoms with van der Waals surface area (Å²) in [4.78, 5) is 24.4. The maximum absolute atomic E-state index is 12.9. The van der Waals surface area contributed by atoms with Crippen LogP contribution in [-0.4, -0.2) is 32.5 Å². The van der Waals surface area contributed by atoms with E-state index in [1.165, 1.54) is 12.8 Å². The first-order valence-electron chi connectivity index (χ1n) is 9.24. The molecule has 1 fully saturated rings. The topological polar surface area (TPSA) is 51.0 Å². The third-order valence-corrected chi connectivity index (χ3v) is 5.09. The predicted octanol–water partition coefficient (Wildman–Crippen LogP) is 3.38. The molecule has 0 bridgehead atoms. The van der Waals surface area contributed by atoms with E-state index in [1.807, 2.05) is 17.6 Å². The van der Waals surface area contributed by atoms with Crippen LogP contribution in [0, 0.1) is 5.92 Å². The first-order chi connectivity index (χ1) is 11.7. The molecule has 0 aliphatic carbocycles. The van der Waals surface area contributed by atoms with Gasteiger partial charge in [0.15, 0.2) is 0 Å². The normalized spacial score (nSPS) is 20.4. The molecule has 2 aromatic heterocycles. The summed E-state index contributed by atoms with van der Waals surface area (Å²) in [6.45, 7) is 9.40. The standard InChI is InChI=1S/C19H28N4O/c1-4-7-17(22-11-6-8-14(3)13-22)18-21-16-9-10-20-12-15(16)19(24)23(18)5-2/h9-10,12,14,17H,4-8,11,13H2,1-3H3/t14-,17+/m0/s1. The number of fused-ring (bicyclic) bond motifs is 1. The zero-order valence-corrected chi connectivity index (χ0v) is 15.0. The fourth-order valence-electron chi connectivity index (χ4n) is 3.90. The molecule has 2 atom stereocenters. The molecular formula is C19H28N4O. The number of likely N-dealkylation sites (tertiary alicyclic amines) is 1. The third-order valence-electron chi connectivity index (χ3n) is 5.09. The van der Waals surface area contributed by atoms with Crippen molar-refractivity contribution < 1.29 is 0 Å². The average molecular weight is 328 g/mol. The zero-order chi connectivity index (χ0) is 17.1. The number of hydrogen-bond donors (Lipinski definition) is 0. The molecule has 3 heterocycles. The van der Waals surface area contributed by atoms with Gasteiger partial charge in [0.2, 0.25) is 0 Å². The van der Waals surface area contributed by atoms with Gasteiger partial charge in [-0.25, -0.2) is 4.98 Å². The second-order valence-electron chi connectivity index (χ2n) is 6.96. The number of nitrogens with zero attached hydrogens (tertiary/aromatic N) is 4. The number of aromatic nitrogens is 3. The maximum Gasteiger partial charge on any atom is 0.262 e. The van der Waals surface area contributed by atoms with Crippen LogP contribution in [0.3, 0.4) is 0 Å². The van der Waals surface area contributed by atoms with E-state index in [1.54, 1.807) is 12.4 Å². The molecule has 0 aromatic carbocycles. The number of rotatable bonds is 5. The van der Waals surface area contributed by atoms with Crippen molar-refractivity contribution in [1.29, 1.82) is 0 Å². The largest absolute Gasteiger partial charge is 0.295 e. The van der Waals surface area contributed by atoms with E-state index in [-0.39, 0.29) is 11.6 Å². The molecule has 2 aromatic rings. The molecule has 5 nitrogen and oxygen atoms in total. The molecule has 1 saturated heterocycles. The summed E-state index contributed by atoms with van der Waals surface area (Å²) in [5.74, 6) is 1.64. The Bertz CT molecular complexity index is 755.